The van der Waals surface area contributed by atoms with E-state index in [4.69, 9.17) is 26.4 Å². The summed E-state index contributed by atoms with van der Waals surface area (Å²) in [6.07, 6.45) is 3.45. The maximum atomic E-state index is 12.5. The second kappa shape index (κ2) is 10.7. The number of nitrogens with zero attached hydrogens (tertiary/aromatic N) is 1. The number of rotatable bonds is 9. The van der Waals surface area contributed by atoms with E-state index >= 15 is 0 Å². The first-order valence-corrected chi connectivity index (χ1v) is 11.1. The van der Waals surface area contributed by atoms with Crippen LogP contribution in [0.4, 0.5) is 0 Å². The summed E-state index contributed by atoms with van der Waals surface area (Å²) in [5.74, 6) is 1.84. The molecule has 0 radical (unpaired) electrons. The van der Waals surface area contributed by atoms with Crippen molar-refractivity contribution >= 4 is 56.2 Å². The predicted molar refractivity (Wildman–Crippen MR) is 128 cm³/mol. The molecule has 0 aliphatic carbocycles. The Balaban J connectivity index is 1.62. The molecule has 30 heavy (non-hydrogen) atoms. The highest BCUT2D eigenvalue weighted by molar-refractivity contribution is 9.10. The minimum Gasteiger partial charge on any atom is -0.493 e. The first-order chi connectivity index (χ1) is 14.5. The molecule has 1 aliphatic rings. The molecule has 2 aromatic carbocycles. The molecule has 1 fully saturated rings. The van der Waals surface area contributed by atoms with E-state index in [0.717, 1.165) is 15.8 Å². The van der Waals surface area contributed by atoms with Gasteiger partial charge in [0.15, 0.2) is 11.5 Å². The number of hydrogen-bond donors (Lipinski definition) is 0. The van der Waals surface area contributed by atoms with Crippen LogP contribution in [0.1, 0.15) is 5.56 Å². The maximum Gasteiger partial charge on any atom is 0.266 e. The lowest BCUT2D eigenvalue weighted by Gasteiger charge is -2.12. The lowest BCUT2D eigenvalue weighted by atomic mass is 10.2. The molecule has 3 rings (SSSR count). The summed E-state index contributed by atoms with van der Waals surface area (Å²) >= 11 is 9.94. The first kappa shape index (κ1) is 22.4. The van der Waals surface area contributed by atoms with Gasteiger partial charge in [0, 0.05) is 11.0 Å². The average Bonchev–Trinajstić information content (AvgIpc) is 3.00. The molecule has 8 heteroatoms. The van der Waals surface area contributed by atoms with Gasteiger partial charge in [-0.25, -0.2) is 0 Å². The van der Waals surface area contributed by atoms with E-state index in [9.17, 15) is 4.79 Å². The molecule has 1 amide bonds. The normalized spacial score (nSPS) is 14.9. The Morgan fingerprint density at radius 2 is 1.87 bits per heavy atom. The average molecular weight is 506 g/mol. The summed E-state index contributed by atoms with van der Waals surface area (Å²) < 4.78 is 18.4. The van der Waals surface area contributed by atoms with Crippen molar-refractivity contribution in [3.8, 4) is 17.2 Å². The standard InChI is InChI=1S/C22H20BrNO4S2/c1-3-10-24-21(25)20(30-22(24)29)14-15-4-9-18(19(13-15)26-2)28-12-11-27-17-7-5-16(23)6-8-17/h3-9,13-14H,1,10-12H2,2H3/b20-14-. The zero-order valence-corrected chi connectivity index (χ0v) is 19.5. The molecule has 0 N–H and O–H groups in total. The first-order valence-electron chi connectivity index (χ1n) is 9.07. The summed E-state index contributed by atoms with van der Waals surface area (Å²) in [7, 11) is 1.58. The monoisotopic (exact) mass is 505 g/mol. The Morgan fingerprint density at radius 1 is 1.13 bits per heavy atom. The third-order valence-electron chi connectivity index (χ3n) is 4.09. The van der Waals surface area contributed by atoms with Gasteiger partial charge in [-0.3, -0.25) is 9.69 Å². The highest BCUT2D eigenvalue weighted by atomic mass is 79.9. The van der Waals surface area contributed by atoms with E-state index in [-0.39, 0.29) is 5.91 Å². The van der Waals surface area contributed by atoms with E-state index in [1.165, 1.54) is 16.7 Å². The largest absolute Gasteiger partial charge is 0.493 e. The van der Waals surface area contributed by atoms with E-state index < -0.39 is 0 Å². The van der Waals surface area contributed by atoms with Gasteiger partial charge >= 0.3 is 0 Å². The second-order valence-corrected chi connectivity index (χ2v) is 8.73. The Kier molecular flexibility index (Phi) is 7.95. The fraction of sp³-hybridized carbons (Fsp3) is 0.182. The van der Waals surface area contributed by atoms with Crippen molar-refractivity contribution in [1.82, 2.24) is 4.90 Å². The van der Waals surface area contributed by atoms with Gasteiger partial charge in [0.05, 0.1) is 12.0 Å². The number of thiocarbonyl (C=S) groups is 1. The SMILES string of the molecule is C=CCN1C(=O)/C(=C/c2ccc(OCCOc3ccc(Br)cc3)c(OC)c2)SC1=S. The highest BCUT2D eigenvalue weighted by Crippen LogP contribution is 2.34. The molecule has 1 heterocycles. The number of benzene rings is 2. The van der Waals surface area contributed by atoms with Gasteiger partial charge in [0.25, 0.3) is 5.91 Å². The number of carbonyl (C=O) groups is 1. The van der Waals surface area contributed by atoms with Crippen LogP contribution >= 0.6 is 39.9 Å². The molecule has 5 nitrogen and oxygen atoms in total. The van der Waals surface area contributed by atoms with Crippen molar-refractivity contribution in [3.63, 3.8) is 0 Å². The number of hydrogen-bond acceptors (Lipinski definition) is 6. The molecule has 0 unspecified atom stereocenters. The number of thioether (sulfide) groups is 1. The van der Waals surface area contributed by atoms with Crippen LogP contribution < -0.4 is 14.2 Å². The molecular weight excluding hydrogens is 486 g/mol. The third kappa shape index (κ3) is 5.65. The van der Waals surface area contributed by atoms with Crippen molar-refractivity contribution < 1.29 is 19.0 Å². The van der Waals surface area contributed by atoms with Gasteiger partial charge in [-0.15, -0.1) is 6.58 Å². The van der Waals surface area contributed by atoms with E-state index in [1.54, 1.807) is 19.3 Å². The molecular formula is C22H20BrNO4S2. The van der Waals surface area contributed by atoms with Crippen LogP contribution in [0.25, 0.3) is 6.08 Å². The minimum atomic E-state index is -0.116. The van der Waals surface area contributed by atoms with Crippen molar-refractivity contribution in [3.05, 3.63) is 70.1 Å². The van der Waals surface area contributed by atoms with Crippen LogP contribution in [0.3, 0.4) is 0 Å². The summed E-state index contributed by atoms with van der Waals surface area (Å²) in [6, 6.07) is 13.1. The molecule has 156 valence electrons. The van der Waals surface area contributed by atoms with Crippen molar-refractivity contribution in [1.29, 1.82) is 0 Å². The number of halogens is 1. The fourth-order valence-electron chi connectivity index (χ4n) is 2.67. The third-order valence-corrected chi connectivity index (χ3v) is 6.00. The van der Waals surface area contributed by atoms with Crippen molar-refractivity contribution in [2.75, 3.05) is 26.9 Å². The second-order valence-electron chi connectivity index (χ2n) is 6.14. The zero-order chi connectivity index (χ0) is 21.5. The molecule has 1 saturated heterocycles. The fourth-order valence-corrected chi connectivity index (χ4v) is 4.21. The van der Waals surface area contributed by atoms with Gasteiger partial charge in [0.2, 0.25) is 0 Å². The molecule has 0 aromatic heterocycles. The van der Waals surface area contributed by atoms with E-state index in [2.05, 4.69) is 22.5 Å². The lowest BCUT2D eigenvalue weighted by molar-refractivity contribution is -0.121. The van der Waals surface area contributed by atoms with Crippen molar-refractivity contribution in [2.24, 2.45) is 0 Å². The van der Waals surface area contributed by atoms with E-state index in [0.29, 0.717) is 40.5 Å². The highest BCUT2D eigenvalue weighted by Gasteiger charge is 2.30. The molecule has 1 aliphatic heterocycles. The Bertz CT molecular complexity index is 976. The van der Waals surface area contributed by atoms with Crippen LogP contribution in [-0.4, -0.2) is 42.0 Å². The van der Waals surface area contributed by atoms with Gasteiger partial charge in [0.1, 0.15) is 23.3 Å². The Hall–Kier alpha value is -2.29. The van der Waals surface area contributed by atoms with Crippen LogP contribution in [0.15, 0.2) is 64.5 Å². The number of amides is 1. The van der Waals surface area contributed by atoms with Gasteiger partial charge in [-0.05, 0) is 48.0 Å². The summed E-state index contributed by atoms with van der Waals surface area (Å²) in [6.45, 7) is 4.83. The predicted octanol–water partition coefficient (Wildman–Crippen LogP) is 5.30. The molecule has 0 spiro atoms. The topological polar surface area (TPSA) is 48.0 Å². The lowest BCUT2D eigenvalue weighted by Crippen LogP contribution is -2.27. The van der Waals surface area contributed by atoms with Crippen LogP contribution in [0, 0.1) is 0 Å². The van der Waals surface area contributed by atoms with Crippen LogP contribution in [0.5, 0.6) is 17.2 Å². The van der Waals surface area contributed by atoms with Crippen molar-refractivity contribution in [2.45, 2.75) is 0 Å². The maximum absolute atomic E-state index is 12.5. The summed E-state index contributed by atoms with van der Waals surface area (Å²) in [5.41, 5.74) is 0.824. The van der Waals surface area contributed by atoms with Crippen LogP contribution in [-0.2, 0) is 4.79 Å². The quantitative estimate of drug-likeness (QED) is 0.199. The Morgan fingerprint density at radius 3 is 2.57 bits per heavy atom. The molecule has 0 saturated carbocycles. The number of ether oxygens (including phenoxy) is 3. The zero-order valence-electron chi connectivity index (χ0n) is 16.3. The minimum absolute atomic E-state index is 0.116. The van der Waals surface area contributed by atoms with Crippen LogP contribution in [0.2, 0.25) is 0 Å². The van der Waals surface area contributed by atoms with Gasteiger partial charge < -0.3 is 14.2 Å². The molecule has 2 aromatic rings. The van der Waals surface area contributed by atoms with Gasteiger partial charge in [-0.2, -0.15) is 0 Å². The molecule has 0 bridgehead atoms. The van der Waals surface area contributed by atoms with E-state index in [1.807, 2.05) is 42.5 Å². The Labute approximate surface area is 193 Å². The number of carbonyl (C=O) groups excluding carboxylic acids is 1. The summed E-state index contributed by atoms with van der Waals surface area (Å²) in [4.78, 5) is 14.6. The number of methoxy groups -OCH3 is 1. The smallest absolute Gasteiger partial charge is 0.266 e. The van der Waals surface area contributed by atoms with Gasteiger partial charge in [-0.1, -0.05) is 52.1 Å². The summed E-state index contributed by atoms with van der Waals surface area (Å²) in [5, 5.41) is 0. The molecule has 0 atom stereocenters.